The van der Waals surface area contributed by atoms with E-state index in [-0.39, 0.29) is 32.3 Å². The summed E-state index contributed by atoms with van der Waals surface area (Å²) in [5.74, 6) is 26.2. The number of benzene rings is 3. The number of hydrazine groups is 1. The number of anilines is 2. The Morgan fingerprint density at radius 2 is 1.61 bits per heavy atom. The number of carbonyl (C=O) groups excluding carboxylic acids is 2. The number of terminal acetylenes is 1. The maximum absolute atomic E-state index is 14.1. The first-order chi connectivity index (χ1) is 24.6. The molecule has 0 aromatic heterocycles. The zero-order chi connectivity index (χ0) is 36.8. The molecule has 4 rings (SSSR count). The van der Waals surface area contributed by atoms with Gasteiger partial charge in [-0.3, -0.25) is 15.0 Å². The topological polar surface area (TPSA) is 83.0 Å². The Balaban J connectivity index is 1.65. The van der Waals surface area contributed by atoms with Crippen molar-refractivity contribution in [1.29, 1.82) is 0 Å². The highest BCUT2D eigenvalue weighted by atomic mass is 35.5. The fourth-order valence-corrected chi connectivity index (χ4v) is 6.48. The lowest BCUT2D eigenvalue weighted by molar-refractivity contribution is -0.116. The van der Waals surface area contributed by atoms with E-state index in [1.807, 2.05) is 25.1 Å². The minimum absolute atomic E-state index is 0.151. The fraction of sp³-hybridized carbons (Fsp3) is 0.154. The van der Waals surface area contributed by atoms with E-state index in [9.17, 15) is 9.59 Å². The molecule has 1 fully saturated rings. The predicted molar refractivity (Wildman–Crippen MR) is 208 cm³/mol. The molecule has 1 heterocycles. The quantitative estimate of drug-likeness (QED) is 0.170. The second kappa shape index (κ2) is 19.2. The summed E-state index contributed by atoms with van der Waals surface area (Å²) in [6.45, 7) is 4.54. The van der Waals surface area contributed by atoms with Crippen LogP contribution in [0.15, 0.2) is 58.4 Å². The summed E-state index contributed by atoms with van der Waals surface area (Å²) in [7, 11) is 0. The fourth-order valence-electron chi connectivity index (χ4n) is 4.16. The van der Waals surface area contributed by atoms with Crippen LogP contribution < -0.4 is 20.5 Å². The number of hydrogen-bond donors (Lipinski definition) is 2. The first-order valence-electron chi connectivity index (χ1n) is 14.9. The number of unbranched alkanes of at least 4 members (excludes halogenated alkanes) is 1. The van der Waals surface area contributed by atoms with Crippen molar-refractivity contribution in [3.05, 3.63) is 74.2 Å². The van der Waals surface area contributed by atoms with Crippen molar-refractivity contribution < 1.29 is 14.3 Å². The van der Waals surface area contributed by atoms with Gasteiger partial charge in [-0.15, -0.1) is 18.2 Å². The molecule has 0 bridgehead atoms. The van der Waals surface area contributed by atoms with E-state index in [2.05, 4.69) is 82.8 Å². The SMILES string of the molecule is C#CC#CC#CC#CC#CC#CC(=O)Nc1ccc(Cl)c(N=C2NN(c3c(Cl)cc(Cl)cc3Cl)C(=O)C2Sc2cc(C)ccc2OCCCC)c1. The summed E-state index contributed by atoms with van der Waals surface area (Å²) < 4.78 is 6.07. The third-order valence-corrected chi connectivity index (χ3v) is 8.76. The van der Waals surface area contributed by atoms with E-state index in [4.69, 9.17) is 62.6 Å². The van der Waals surface area contributed by atoms with E-state index >= 15 is 0 Å². The lowest BCUT2D eigenvalue weighted by Gasteiger charge is -2.19. The number of rotatable bonds is 9. The maximum atomic E-state index is 14.1. The molecule has 12 heteroatoms. The smallest absolute Gasteiger partial charge is 0.301 e. The number of amides is 2. The van der Waals surface area contributed by atoms with E-state index in [1.54, 1.807) is 18.2 Å². The number of nitrogens with one attached hydrogen (secondary N) is 2. The highest BCUT2D eigenvalue weighted by Gasteiger charge is 2.41. The molecule has 0 aliphatic carbocycles. The normalized spacial score (nSPS) is 13.3. The Bertz CT molecular complexity index is 2250. The van der Waals surface area contributed by atoms with E-state index in [0.29, 0.717) is 23.1 Å². The van der Waals surface area contributed by atoms with Crippen LogP contribution in [-0.4, -0.2) is 29.5 Å². The van der Waals surface area contributed by atoms with Crippen LogP contribution in [0.3, 0.4) is 0 Å². The molecule has 2 N–H and O–H groups in total. The van der Waals surface area contributed by atoms with Crippen LogP contribution in [0.4, 0.5) is 17.1 Å². The van der Waals surface area contributed by atoms with Crippen LogP contribution in [0.25, 0.3) is 0 Å². The number of hydrogen-bond acceptors (Lipinski definition) is 5. The molecule has 1 aliphatic heterocycles. The molecule has 1 saturated heterocycles. The molecular formula is C39H24Cl4N4O3S. The van der Waals surface area contributed by atoms with Gasteiger partial charge < -0.3 is 10.1 Å². The van der Waals surface area contributed by atoms with E-state index < -0.39 is 17.1 Å². The van der Waals surface area contributed by atoms with Crippen molar-refractivity contribution in [1.82, 2.24) is 5.43 Å². The lowest BCUT2D eigenvalue weighted by atomic mass is 10.2. The Kier molecular flexibility index (Phi) is 14.5. The number of thioether (sulfide) groups is 1. The van der Waals surface area contributed by atoms with Gasteiger partial charge in [0.2, 0.25) is 0 Å². The maximum Gasteiger partial charge on any atom is 0.301 e. The Labute approximate surface area is 321 Å². The average molecular weight is 771 g/mol. The minimum Gasteiger partial charge on any atom is -0.492 e. The molecule has 7 nitrogen and oxygen atoms in total. The van der Waals surface area contributed by atoms with Gasteiger partial charge in [0.1, 0.15) is 22.5 Å². The first-order valence-corrected chi connectivity index (χ1v) is 17.3. The predicted octanol–water partition coefficient (Wildman–Crippen LogP) is 8.12. The summed E-state index contributed by atoms with van der Waals surface area (Å²) in [6.07, 6.45) is 6.83. The van der Waals surface area contributed by atoms with Crippen LogP contribution in [0.5, 0.6) is 5.75 Å². The van der Waals surface area contributed by atoms with Gasteiger partial charge in [-0.05, 0) is 121 Å². The number of ether oxygens (including phenoxy) is 1. The van der Waals surface area contributed by atoms with Gasteiger partial charge in [-0.25, -0.2) is 10.0 Å². The molecule has 3 aromatic carbocycles. The number of aliphatic imine (C=N–C) groups is 1. The molecule has 252 valence electrons. The number of halogens is 4. The summed E-state index contributed by atoms with van der Waals surface area (Å²) in [6, 6.07) is 13.4. The molecule has 0 saturated carbocycles. The van der Waals surface area contributed by atoms with Crippen molar-refractivity contribution in [2.24, 2.45) is 4.99 Å². The third-order valence-electron chi connectivity index (χ3n) is 6.42. The molecule has 0 spiro atoms. The van der Waals surface area contributed by atoms with Gasteiger partial charge in [0.25, 0.3) is 5.91 Å². The van der Waals surface area contributed by atoms with Crippen LogP contribution in [0.1, 0.15) is 25.3 Å². The van der Waals surface area contributed by atoms with Crippen molar-refractivity contribution in [2.75, 3.05) is 16.9 Å². The number of nitrogens with zero attached hydrogens (tertiary/aromatic N) is 2. The van der Waals surface area contributed by atoms with Crippen LogP contribution in [0, 0.1) is 78.5 Å². The van der Waals surface area contributed by atoms with Gasteiger partial charge in [0, 0.05) is 16.6 Å². The molecular weight excluding hydrogens is 746 g/mol. The van der Waals surface area contributed by atoms with Crippen LogP contribution in [0.2, 0.25) is 20.1 Å². The Morgan fingerprint density at radius 3 is 2.27 bits per heavy atom. The monoisotopic (exact) mass is 768 g/mol. The van der Waals surface area contributed by atoms with Crippen LogP contribution >= 0.6 is 58.2 Å². The molecule has 1 atom stereocenters. The van der Waals surface area contributed by atoms with Gasteiger partial charge in [-0.1, -0.05) is 65.8 Å². The van der Waals surface area contributed by atoms with E-state index in [1.165, 1.54) is 28.9 Å². The van der Waals surface area contributed by atoms with Crippen molar-refractivity contribution in [3.8, 4) is 77.3 Å². The molecule has 51 heavy (non-hydrogen) atoms. The summed E-state index contributed by atoms with van der Waals surface area (Å²) in [4.78, 5) is 32.1. The summed E-state index contributed by atoms with van der Waals surface area (Å²) in [5, 5.41) is 3.83. The Hall–Kier alpha value is -5.26. The van der Waals surface area contributed by atoms with E-state index in [0.717, 1.165) is 23.3 Å². The molecule has 0 radical (unpaired) electrons. The minimum atomic E-state index is -0.910. The Morgan fingerprint density at radius 1 is 0.941 bits per heavy atom. The zero-order valence-corrected chi connectivity index (χ0v) is 30.8. The second-order valence-corrected chi connectivity index (χ2v) is 13.0. The standard InChI is InChI=1S/C39H24Cl4N4O3S/c1-4-6-8-9-10-11-12-13-14-15-16-35(48)44-28-18-19-29(41)32(25-28)45-38-37(51-34-22-26(3)17-20-33(34)50-21-7-5-2)39(49)47(46-38)36-30(42)23-27(40)24-31(36)43/h1,17-20,22-25,37H,5,7,21H2,2-3H3,(H,44,48)(H,45,46). The number of aryl methyl sites for hydroxylation is 1. The highest BCUT2D eigenvalue weighted by molar-refractivity contribution is 8.01. The van der Waals surface area contributed by atoms with Gasteiger partial charge in [0.15, 0.2) is 0 Å². The zero-order valence-electron chi connectivity index (χ0n) is 26.9. The molecule has 3 aromatic rings. The van der Waals surface area contributed by atoms with Gasteiger partial charge in [0.05, 0.1) is 32.3 Å². The van der Waals surface area contributed by atoms with Gasteiger partial charge >= 0.3 is 5.91 Å². The van der Waals surface area contributed by atoms with Crippen molar-refractivity contribution in [2.45, 2.75) is 36.8 Å². The lowest BCUT2D eigenvalue weighted by Crippen LogP contribution is -2.36. The number of carbonyl (C=O) groups is 2. The van der Waals surface area contributed by atoms with Crippen LogP contribution in [-0.2, 0) is 9.59 Å². The van der Waals surface area contributed by atoms with Gasteiger partial charge in [-0.2, -0.15) is 0 Å². The number of amidine groups is 1. The third kappa shape index (κ3) is 11.1. The average Bonchev–Trinajstić information content (AvgIpc) is 3.37. The second-order valence-electron chi connectivity index (χ2n) is 10.2. The van der Waals surface area contributed by atoms with Crippen molar-refractivity contribution in [3.63, 3.8) is 0 Å². The largest absolute Gasteiger partial charge is 0.492 e. The molecule has 1 unspecified atom stereocenters. The first kappa shape index (κ1) is 38.5. The highest BCUT2D eigenvalue weighted by Crippen LogP contribution is 2.42. The summed E-state index contributed by atoms with van der Waals surface area (Å²) >= 11 is 27.0. The van der Waals surface area contributed by atoms with Crippen molar-refractivity contribution >= 4 is 92.9 Å². The molecule has 1 aliphatic rings. The summed E-state index contributed by atoms with van der Waals surface area (Å²) in [5.41, 5.74) is 4.83. The molecule has 2 amide bonds.